The number of anilines is 2. The number of nitrogens with zero attached hydrogens (tertiary/aromatic N) is 2. The summed E-state index contributed by atoms with van der Waals surface area (Å²) in [6.45, 7) is 0. The molecule has 0 aliphatic heterocycles. The molecule has 0 amide bonds. The topological polar surface area (TPSA) is 128 Å². The van der Waals surface area contributed by atoms with Gasteiger partial charge in [0.15, 0.2) is 5.82 Å². The second-order valence-electron chi connectivity index (χ2n) is 3.94. The minimum absolute atomic E-state index is 0.0557. The van der Waals surface area contributed by atoms with Crippen molar-refractivity contribution in [2.45, 2.75) is 4.90 Å². The predicted molar refractivity (Wildman–Crippen MR) is 72.5 cm³/mol. The highest BCUT2D eigenvalue weighted by Gasteiger charge is 2.20. The first-order chi connectivity index (χ1) is 9.81. The average molecular weight is 312 g/mol. The Hall–Kier alpha value is -2.75. The number of nitro benzene ring substituents is 1. The zero-order chi connectivity index (χ0) is 15.6. The van der Waals surface area contributed by atoms with Gasteiger partial charge in [-0.15, -0.1) is 0 Å². The molecule has 10 heteroatoms. The summed E-state index contributed by atoms with van der Waals surface area (Å²) >= 11 is 0. The summed E-state index contributed by atoms with van der Waals surface area (Å²) in [7, 11) is -4.15. The summed E-state index contributed by atoms with van der Waals surface area (Å²) in [6.07, 6.45) is 2.32. The van der Waals surface area contributed by atoms with E-state index in [4.69, 9.17) is 5.73 Å². The van der Waals surface area contributed by atoms with E-state index in [2.05, 4.69) is 4.98 Å². The van der Waals surface area contributed by atoms with E-state index >= 15 is 0 Å². The normalized spacial score (nSPS) is 11.1. The largest absolute Gasteiger partial charge is 0.398 e. The Morgan fingerprint density at radius 2 is 2.05 bits per heavy atom. The van der Waals surface area contributed by atoms with Gasteiger partial charge >= 0.3 is 0 Å². The summed E-state index contributed by atoms with van der Waals surface area (Å²) < 4.78 is 39.8. The number of nitro groups is 1. The Bertz CT molecular complexity index is 810. The summed E-state index contributed by atoms with van der Waals surface area (Å²) in [5.41, 5.74) is 4.55. The zero-order valence-electron chi connectivity index (χ0n) is 10.4. The third kappa shape index (κ3) is 3.05. The van der Waals surface area contributed by atoms with Crippen LogP contribution in [0.15, 0.2) is 41.6 Å². The highest BCUT2D eigenvalue weighted by molar-refractivity contribution is 7.92. The maximum absolute atomic E-state index is 13.7. The van der Waals surface area contributed by atoms with Crippen molar-refractivity contribution < 1.29 is 17.7 Å². The molecule has 110 valence electrons. The molecule has 21 heavy (non-hydrogen) atoms. The van der Waals surface area contributed by atoms with Crippen LogP contribution >= 0.6 is 0 Å². The van der Waals surface area contributed by atoms with Crippen molar-refractivity contribution >= 4 is 27.1 Å². The van der Waals surface area contributed by atoms with Crippen LogP contribution in [0.1, 0.15) is 0 Å². The van der Waals surface area contributed by atoms with Gasteiger partial charge in [0.2, 0.25) is 0 Å². The van der Waals surface area contributed by atoms with Gasteiger partial charge in [-0.3, -0.25) is 19.8 Å². The van der Waals surface area contributed by atoms with Gasteiger partial charge in [0.1, 0.15) is 4.90 Å². The highest BCUT2D eigenvalue weighted by atomic mass is 32.2. The lowest BCUT2D eigenvalue weighted by Gasteiger charge is -2.10. The second-order valence-corrected chi connectivity index (χ2v) is 5.59. The fourth-order valence-corrected chi connectivity index (χ4v) is 2.66. The van der Waals surface area contributed by atoms with E-state index in [1.165, 1.54) is 12.3 Å². The van der Waals surface area contributed by atoms with E-state index in [0.29, 0.717) is 6.07 Å². The van der Waals surface area contributed by atoms with Gasteiger partial charge in [0.25, 0.3) is 15.7 Å². The van der Waals surface area contributed by atoms with Gasteiger partial charge in [-0.05, 0) is 12.1 Å². The van der Waals surface area contributed by atoms with Crippen LogP contribution in [0.3, 0.4) is 0 Å². The molecule has 0 saturated carbocycles. The van der Waals surface area contributed by atoms with Crippen LogP contribution in [0.5, 0.6) is 0 Å². The number of nitrogens with two attached hydrogens (primary N) is 1. The number of aromatic nitrogens is 1. The van der Waals surface area contributed by atoms with Crippen molar-refractivity contribution in [3.8, 4) is 0 Å². The van der Waals surface area contributed by atoms with Gasteiger partial charge < -0.3 is 5.73 Å². The number of sulfonamides is 1. The smallest absolute Gasteiger partial charge is 0.272 e. The van der Waals surface area contributed by atoms with Crippen LogP contribution in [0.2, 0.25) is 0 Å². The Labute approximate surface area is 118 Å². The van der Waals surface area contributed by atoms with Crippen molar-refractivity contribution in [1.82, 2.24) is 4.98 Å². The number of non-ortho nitro benzene ring substituents is 1. The maximum atomic E-state index is 13.7. The molecule has 1 heterocycles. The molecule has 0 atom stereocenters. The molecule has 1 aromatic heterocycles. The summed E-state index contributed by atoms with van der Waals surface area (Å²) in [5.74, 6) is -1.07. The number of nitrogen functional groups attached to an aromatic ring is 1. The van der Waals surface area contributed by atoms with Crippen LogP contribution in [0, 0.1) is 15.9 Å². The van der Waals surface area contributed by atoms with Crippen LogP contribution in [-0.4, -0.2) is 18.3 Å². The minimum Gasteiger partial charge on any atom is -0.398 e. The van der Waals surface area contributed by atoms with E-state index in [0.717, 1.165) is 18.3 Å². The van der Waals surface area contributed by atoms with Crippen molar-refractivity contribution in [3.05, 3.63) is 52.6 Å². The van der Waals surface area contributed by atoms with E-state index in [-0.39, 0.29) is 10.6 Å². The molecule has 0 aliphatic rings. The molecule has 0 spiro atoms. The lowest BCUT2D eigenvalue weighted by Crippen LogP contribution is -2.16. The van der Waals surface area contributed by atoms with Crippen molar-refractivity contribution in [2.24, 2.45) is 0 Å². The molecule has 2 rings (SSSR count). The molecule has 0 saturated heterocycles. The molecule has 8 nitrogen and oxygen atoms in total. The first-order valence-corrected chi connectivity index (χ1v) is 6.96. The molecule has 0 unspecified atom stereocenters. The highest BCUT2D eigenvalue weighted by Crippen LogP contribution is 2.24. The molecular formula is C11H9FN4O4S. The Balaban J connectivity index is 2.38. The maximum Gasteiger partial charge on any atom is 0.272 e. The first kappa shape index (κ1) is 14.7. The number of hydrogen-bond donors (Lipinski definition) is 2. The molecule has 0 fully saturated rings. The molecule has 0 radical (unpaired) electrons. The van der Waals surface area contributed by atoms with Crippen molar-refractivity contribution in [1.29, 1.82) is 0 Å². The minimum atomic E-state index is -4.15. The van der Waals surface area contributed by atoms with E-state index < -0.39 is 32.1 Å². The van der Waals surface area contributed by atoms with Gasteiger partial charge in [-0.2, -0.15) is 0 Å². The SMILES string of the molecule is Nc1ccncc1S(=O)(=O)Nc1ccc([N+](=O)[O-])cc1F. The number of nitrogens with one attached hydrogen (secondary N) is 1. The standard InChI is InChI=1S/C11H9FN4O4S/c12-8-5-7(16(17)18)1-2-10(8)15-21(19,20)11-6-14-4-3-9(11)13/h1-6,15H,(H2,13,14). The third-order valence-corrected chi connectivity index (χ3v) is 3.92. The molecule has 0 aliphatic carbocycles. The van der Waals surface area contributed by atoms with E-state index in [9.17, 15) is 22.9 Å². The van der Waals surface area contributed by atoms with Gasteiger partial charge in [0.05, 0.1) is 22.4 Å². The molecule has 3 N–H and O–H groups in total. The van der Waals surface area contributed by atoms with E-state index in [1.807, 2.05) is 4.72 Å². The number of benzene rings is 1. The second kappa shape index (κ2) is 5.32. The predicted octanol–water partition coefficient (Wildman–Crippen LogP) is 1.51. The molecule has 0 bridgehead atoms. The van der Waals surface area contributed by atoms with Gasteiger partial charge in [0, 0.05) is 18.5 Å². The Morgan fingerprint density at radius 3 is 2.62 bits per heavy atom. The van der Waals surface area contributed by atoms with Crippen molar-refractivity contribution in [3.63, 3.8) is 0 Å². The van der Waals surface area contributed by atoms with Gasteiger partial charge in [-0.1, -0.05) is 0 Å². The molecule has 2 aromatic rings. The van der Waals surface area contributed by atoms with Gasteiger partial charge in [-0.25, -0.2) is 12.8 Å². The lowest BCUT2D eigenvalue weighted by atomic mass is 10.3. The van der Waals surface area contributed by atoms with Crippen LogP contribution < -0.4 is 10.5 Å². The Kier molecular flexibility index (Phi) is 3.72. The summed E-state index contributed by atoms with van der Waals surface area (Å²) in [5, 5.41) is 10.5. The zero-order valence-corrected chi connectivity index (χ0v) is 11.2. The first-order valence-electron chi connectivity index (χ1n) is 5.47. The average Bonchev–Trinajstić information content (AvgIpc) is 2.41. The summed E-state index contributed by atoms with van der Waals surface area (Å²) in [4.78, 5) is 13.0. The van der Waals surface area contributed by atoms with Crippen LogP contribution in [0.25, 0.3) is 0 Å². The third-order valence-electron chi connectivity index (χ3n) is 2.51. The molecule has 1 aromatic carbocycles. The fraction of sp³-hybridized carbons (Fsp3) is 0. The number of pyridine rings is 1. The van der Waals surface area contributed by atoms with Crippen LogP contribution in [0.4, 0.5) is 21.5 Å². The number of hydrogen-bond acceptors (Lipinski definition) is 6. The molecular weight excluding hydrogens is 303 g/mol. The number of halogens is 1. The quantitative estimate of drug-likeness (QED) is 0.650. The van der Waals surface area contributed by atoms with Crippen LogP contribution in [-0.2, 0) is 10.0 Å². The van der Waals surface area contributed by atoms with E-state index in [1.54, 1.807) is 0 Å². The van der Waals surface area contributed by atoms with Crippen molar-refractivity contribution in [2.75, 3.05) is 10.5 Å². The fourth-order valence-electron chi connectivity index (χ4n) is 1.52. The summed E-state index contributed by atoms with van der Waals surface area (Å²) in [6, 6.07) is 3.83. The lowest BCUT2D eigenvalue weighted by molar-refractivity contribution is -0.385. The Morgan fingerprint density at radius 1 is 1.33 bits per heavy atom. The number of rotatable bonds is 4. The monoisotopic (exact) mass is 312 g/mol.